The minimum atomic E-state index is -0.213. The molecule has 0 bridgehead atoms. The van der Waals surface area contributed by atoms with E-state index in [1.54, 1.807) is 35.8 Å². The average molecular weight is 403 g/mol. The van der Waals surface area contributed by atoms with E-state index < -0.39 is 0 Å². The molecule has 0 saturated heterocycles. The van der Waals surface area contributed by atoms with Crippen LogP contribution in [-0.4, -0.2) is 25.6 Å². The Labute approximate surface area is 172 Å². The number of aromatic nitrogens is 4. The van der Waals surface area contributed by atoms with Gasteiger partial charge >= 0.3 is 0 Å². The van der Waals surface area contributed by atoms with Crippen molar-refractivity contribution in [2.75, 3.05) is 0 Å². The van der Waals surface area contributed by atoms with Gasteiger partial charge in [0.05, 0.1) is 17.6 Å². The molecule has 0 radical (unpaired) electrons. The van der Waals surface area contributed by atoms with Gasteiger partial charge in [-0.1, -0.05) is 30.3 Å². The summed E-state index contributed by atoms with van der Waals surface area (Å²) in [5, 5.41) is 6.77. The van der Waals surface area contributed by atoms with Gasteiger partial charge in [0, 0.05) is 17.7 Å². The van der Waals surface area contributed by atoms with Crippen LogP contribution in [0.5, 0.6) is 0 Å². The van der Waals surface area contributed by atoms with E-state index in [1.807, 2.05) is 31.2 Å². The first-order valence-electron chi connectivity index (χ1n) is 9.74. The molecule has 2 aromatic heterocycles. The van der Waals surface area contributed by atoms with Crippen LogP contribution in [0.25, 0.3) is 22.4 Å². The summed E-state index contributed by atoms with van der Waals surface area (Å²) in [5.74, 6) is 0.484. The molecule has 0 aliphatic heterocycles. The van der Waals surface area contributed by atoms with Gasteiger partial charge in [0.2, 0.25) is 11.7 Å². The largest absolute Gasteiger partial charge is 0.343 e. The molecule has 2 heterocycles. The monoisotopic (exact) mass is 403 g/mol. The normalized spacial score (nSPS) is 11.0. The van der Waals surface area contributed by atoms with Crippen molar-refractivity contribution in [1.82, 2.24) is 25.0 Å². The Bertz CT molecular complexity index is 1260. The predicted octanol–water partition coefficient (Wildman–Crippen LogP) is 3.09. The first-order valence-corrected chi connectivity index (χ1v) is 9.74. The molecule has 152 valence electrons. The maximum Gasteiger partial charge on any atom is 0.272 e. The van der Waals surface area contributed by atoms with E-state index in [0.29, 0.717) is 35.0 Å². The van der Waals surface area contributed by atoms with Crippen molar-refractivity contribution < 1.29 is 9.32 Å². The summed E-state index contributed by atoms with van der Waals surface area (Å²) < 4.78 is 7.01. The lowest BCUT2D eigenvalue weighted by molar-refractivity contribution is 0.0946. The van der Waals surface area contributed by atoms with E-state index in [4.69, 9.17) is 4.52 Å². The van der Waals surface area contributed by atoms with Crippen LogP contribution in [0.15, 0.2) is 57.8 Å². The smallest absolute Gasteiger partial charge is 0.272 e. The van der Waals surface area contributed by atoms with E-state index in [9.17, 15) is 9.59 Å². The summed E-state index contributed by atoms with van der Waals surface area (Å²) in [6.45, 7) is 4.50. The van der Waals surface area contributed by atoms with Gasteiger partial charge in [-0.05, 0) is 43.7 Å². The van der Waals surface area contributed by atoms with E-state index in [-0.39, 0.29) is 18.0 Å². The zero-order chi connectivity index (χ0) is 21.1. The molecular formula is C22H21N5O3. The van der Waals surface area contributed by atoms with Crippen LogP contribution in [0.2, 0.25) is 0 Å². The van der Waals surface area contributed by atoms with Crippen LogP contribution < -0.4 is 10.9 Å². The highest BCUT2D eigenvalue weighted by Crippen LogP contribution is 2.21. The molecule has 0 aliphatic rings. The molecule has 0 aliphatic carbocycles. The molecule has 8 heteroatoms. The second-order valence-electron chi connectivity index (χ2n) is 6.92. The molecule has 2 aromatic carbocycles. The third-order valence-electron chi connectivity index (χ3n) is 4.72. The van der Waals surface area contributed by atoms with Crippen LogP contribution in [0.1, 0.15) is 35.3 Å². The van der Waals surface area contributed by atoms with Gasteiger partial charge in [0.15, 0.2) is 0 Å². The highest BCUT2D eigenvalue weighted by molar-refractivity contribution is 5.94. The third-order valence-corrected chi connectivity index (χ3v) is 4.72. The fraction of sp³-hybridized carbons (Fsp3) is 0.227. The van der Waals surface area contributed by atoms with E-state index in [2.05, 4.69) is 20.4 Å². The molecule has 4 rings (SSSR count). The molecule has 1 N–H and O–H groups in total. The van der Waals surface area contributed by atoms with Crippen molar-refractivity contribution in [1.29, 1.82) is 0 Å². The van der Waals surface area contributed by atoms with E-state index in [1.165, 1.54) is 0 Å². The summed E-state index contributed by atoms with van der Waals surface area (Å²) in [6.07, 6.45) is 0.850. The van der Waals surface area contributed by atoms with Gasteiger partial charge in [-0.2, -0.15) is 4.98 Å². The molecule has 8 nitrogen and oxygen atoms in total. The lowest BCUT2D eigenvalue weighted by Gasteiger charge is -2.10. The van der Waals surface area contributed by atoms with Crippen LogP contribution >= 0.6 is 0 Å². The van der Waals surface area contributed by atoms with Gasteiger partial charge in [0.1, 0.15) is 5.69 Å². The number of carbonyl (C=O) groups excluding carboxylic acids is 1. The number of amides is 1. The summed E-state index contributed by atoms with van der Waals surface area (Å²) in [7, 11) is 0. The number of fused-ring (bicyclic) bond motifs is 1. The fourth-order valence-electron chi connectivity index (χ4n) is 3.25. The van der Waals surface area contributed by atoms with Crippen LogP contribution in [0, 0.1) is 6.92 Å². The second-order valence-corrected chi connectivity index (χ2v) is 6.92. The Kier molecular flexibility index (Phi) is 5.38. The molecule has 0 spiro atoms. The van der Waals surface area contributed by atoms with Gasteiger partial charge in [-0.25, -0.2) is 4.98 Å². The quantitative estimate of drug-likeness (QED) is 0.531. The van der Waals surface area contributed by atoms with Crippen molar-refractivity contribution in [3.05, 3.63) is 76.0 Å². The minimum absolute atomic E-state index is 0.0758. The number of aryl methyl sites for hydroxylation is 2. The highest BCUT2D eigenvalue weighted by atomic mass is 16.5. The summed E-state index contributed by atoms with van der Waals surface area (Å²) in [5.41, 5.74) is 3.13. The molecule has 0 atom stereocenters. The zero-order valence-corrected chi connectivity index (χ0v) is 16.8. The highest BCUT2D eigenvalue weighted by Gasteiger charge is 2.13. The number of benzene rings is 2. The van der Waals surface area contributed by atoms with Crippen LogP contribution in [0.4, 0.5) is 0 Å². The van der Waals surface area contributed by atoms with Crippen molar-refractivity contribution in [3.63, 3.8) is 0 Å². The van der Waals surface area contributed by atoms with Crippen LogP contribution in [0.3, 0.4) is 0 Å². The first kappa shape index (κ1) is 19.5. The topological polar surface area (TPSA) is 103 Å². The summed E-state index contributed by atoms with van der Waals surface area (Å²) in [4.78, 5) is 33.3. The molecule has 1 amide bonds. The number of nitrogens with one attached hydrogen (secondary N) is 1. The first-order chi connectivity index (χ1) is 14.6. The molecule has 0 saturated carbocycles. The van der Waals surface area contributed by atoms with Crippen molar-refractivity contribution >= 4 is 16.9 Å². The summed E-state index contributed by atoms with van der Waals surface area (Å²) >= 11 is 0. The maximum absolute atomic E-state index is 12.4. The Morgan fingerprint density at radius 2 is 1.93 bits per heavy atom. The van der Waals surface area contributed by atoms with Gasteiger partial charge in [0.25, 0.3) is 11.5 Å². The number of hydrogen-bond donors (Lipinski definition) is 1. The second kappa shape index (κ2) is 8.28. The summed E-state index contributed by atoms with van der Waals surface area (Å²) in [6, 6.07) is 14.4. The average Bonchev–Trinajstić information content (AvgIpc) is 3.24. The number of rotatable bonds is 6. The maximum atomic E-state index is 12.4. The van der Waals surface area contributed by atoms with Crippen molar-refractivity contribution in [2.24, 2.45) is 0 Å². The Balaban J connectivity index is 1.56. The SMILES string of the molecule is CCCn1c(=O)c(C)nc2cc(-c3noc(CNC(=O)c4ccccc4)n3)ccc21. The third kappa shape index (κ3) is 3.84. The molecule has 0 fully saturated rings. The van der Waals surface area contributed by atoms with Crippen molar-refractivity contribution in [2.45, 2.75) is 33.4 Å². The van der Waals surface area contributed by atoms with Gasteiger partial charge in [-0.3, -0.25) is 9.59 Å². The fourth-order valence-corrected chi connectivity index (χ4v) is 3.25. The molecule has 0 unspecified atom stereocenters. The number of hydrogen-bond acceptors (Lipinski definition) is 6. The van der Waals surface area contributed by atoms with Crippen molar-refractivity contribution in [3.8, 4) is 11.4 Å². The lowest BCUT2D eigenvalue weighted by Crippen LogP contribution is -2.24. The van der Waals surface area contributed by atoms with Crippen LogP contribution in [-0.2, 0) is 13.1 Å². The molecular weight excluding hydrogens is 382 g/mol. The Morgan fingerprint density at radius 3 is 2.70 bits per heavy atom. The minimum Gasteiger partial charge on any atom is -0.343 e. The van der Waals surface area contributed by atoms with Gasteiger partial charge < -0.3 is 14.4 Å². The Hall–Kier alpha value is -3.81. The standard InChI is InChI=1S/C22H21N5O3/c1-3-11-27-18-10-9-16(12-17(18)24-14(2)22(27)29)20-25-19(30-26-20)13-23-21(28)15-7-5-4-6-8-15/h4-10,12H,3,11,13H2,1-2H3,(H,23,28). The van der Waals surface area contributed by atoms with Gasteiger partial charge in [-0.15, -0.1) is 0 Å². The van der Waals surface area contributed by atoms with E-state index >= 15 is 0 Å². The number of nitrogens with zero attached hydrogens (tertiary/aromatic N) is 4. The molecule has 30 heavy (non-hydrogen) atoms. The van der Waals surface area contributed by atoms with E-state index in [0.717, 1.165) is 17.5 Å². The number of carbonyl (C=O) groups is 1. The zero-order valence-electron chi connectivity index (χ0n) is 16.8. The predicted molar refractivity (Wildman–Crippen MR) is 112 cm³/mol. The molecule has 4 aromatic rings. The Morgan fingerprint density at radius 1 is 1.13 bits per heavy atom. The lowest BCUT2D eigenvalue weighted by atomic mass is 10.1.